The van der Waals surface area contributed by atoms with Crippen molar-refractivity contribution in [3.05, 3.63) is 34.8 Å². The van der Waals surface area contributed by atoms with Crippen LogP contribution in [0.5, 0.6) is 5.75 Å². The van der Waals surface area contributed by atoms with E-state index in [0.717, 1.165) is 12.5 Å². The smallest absolute Gasteiger partial charge is 0.290 e. The Hall–Kier alpha value is -2.68. The molecule has 0 spiro atoms. The summed E-state index contributed by atoms with van der Waals surface area (Å²) in [4.78, 5) is 21.8. The molecule has 0 radical (unpaired) electrons. The quantitative estimate of drug-likeness (QED) is 0.563. The molecule has 1 saturated heterocycles. The second-order valence-electron chi connectivity index (χ2n) is 7.18. The van der Waals surface area contributed by atoms with E-state index in [1.807, 2.05) is 4.90 Å². The number of alkyl halides is 2. The van der Waals surface area contributed by atoms with Crippen molar-refractivity contribution in [2.75, 3.05) is 38.2 Å². The second-order valence-corrected chi connectivity index (χ2v) is 7.18. The fourth-order valence-electron chi connectivity index (χ4n) is 3.53. The van der Waals surface area contributed by atoms with Crippen LogP contribution in [0.2, 0.25) is 0 Å². The Morgan fingerprint density at radius 1 is 1.31 bits per heavy atom. The molecular weight excluding hydrogens is 385 g/mol. The van der Waals surface area contributed by atoms with Gasteiger partial charge in [-0.15, -0.1) is 0 Å². The highest BCUT2D eigenvalue weighted by molar-refractivity contribution is 5.82. The van der Waals surface area contributed by atoms with Crippen LogP contribution in [0.3, 0.4) is 0 Å². The van der Waals surface area contributed by atoms with Crippen LogP contribution in [0.25, 0.3) is 11.3 Å². The van der Waals surface area contributed by atoms with Crippen LogP contribution in [0.4, 0.5) is 19.1 Å². The standard InChI is InChI=1S/C20H21F3N4O2/c1-24-5-8-29-16-10-12(9-15(21)14(16)11-28)17-13-3-4-20(22,23)18(13)26-19(25-17)27-6-2-7-27/h9-11,24H,2-8H2,1H3. The molecule has 1 aromatic carbocycles. The van der Waals surface area contributed by atoms with Crippen molar-refractivity contribution >= 4 is 12.2 Å². The average molecular weight is 406 g/mol. The Bertz CT molecular complexity index is 948. The second kappa shape index (κ2) is 7.62. The van der Waals surface area contributed by atoms with Gasteiger partial charge in [-0.25, -0.2) is 14.4 Å². The first-order chi connectivity index (χ1) is 13.9. The minimum atomic E-state index is -3.04. The molecule has 1 aromatic heterocycles. The molecular formula is C20H21F3N4O2. The molecule has 0 unspecified atom stereocenters. The number of likely N-dealkylation sites (N-methyl/N-ethyl adjacent to an activating group) is 1. The van der Waals surface area contributed by atoms with Gasteiger partial charge in [0.15, 0.2) is 6.29 Å². The number of benzene rings is 1. The van der Waals surface area contributed by atoms with Crippen molar-refractivity contribution in [1.29, 1.82) is 0 Å². The van der Waals surface area contributed by atoms with Crippen LogP contribution in [0.1, 0.15) is 34.5 Å². The van der Waals surface area contributed by atoms with Gasteiger partial charge in [-0.3, -0.25) is 4.79 Å². The van der Waals surface area contributed by atoms with Gasteiger partial charge in [-0.2, -0.15) is 8.78 Å². The molecule has 29 heavy (non-hydrogen) atoms. The fourth-order valence-corrected chi connectivity index (χ4v) is 3.53. The Balaban J connectivity index is 1.83. The van der Waals surface area contributed by atoms with Crippen LogP contribution in [0, 0.1) is 5.82 Å². The van der Waals surface area contributed by atoms with Crippen LogP contribution in [0.15, 0.2) is 12.1 Å². The van der Waals surface area contributed by atoms with Crippen LogP contribution >= 0.6 is 0 Å². The number of carbonyl (C=O) groups excluding carboxylic acids is 1. The van der Waals surface area contributed by atoms with Gasteiger partial charge in [0.05, 0.1) is 11.3 Å². The number of nitrogens with one attached hydrogen (secondary N) is 1. The zero-order valence-corrected chi connectivity index (χ0v) is 16.0. The summed E-state index contributed by atoms with van der Waals surface area (Å²) in [5, 5.41) is 2.90. The Morgan fingerprint density at radius 2 is 2.10 bits per heavy atom. The Kier molecular flexibility index (Phi) is 5.16. The van der Waals surface area contributed by atoms with Crippen molar-refractivity contribution in [2.45, 2.75) is 25.2 Å². The number of aldehydes is 1. The third-order valence-corrected chi connectivity index (χ3v) is 5.26. The molecule has 2 heterocycles. The molecule has 154 valence electrons. The third kappa shape index (κ3) is 3.55. The lowest BCUT2D eigenvalue weighted by molar-refractivity contribution is -0.00593. The lowest BCUT2D eigenvalue weighted by Crippen LogP contribution is -2.38. The minimum Gasteiger partial charge on any atom is -0.491 e. The number of halogens is 3. The zero-order valence-electron chi connectivity index (χ0n) is 16.0. The normalized spacial score (nSPS) is 17.0. The monoisotopic (exact) mass is 406 g/mol. The van der Waals surface area contributed by atoms with Crippen molar-refractivity contribution in [1.82, 2.24) is 15.3 Å². The number of carbonyl (C=O) groups is 1. The van der Waals surface area contributed by atoms with Gasteiger partial charge in [0.25, 0.3) is 5.92 Å². The number of aromatic nitrogens is 2. The van der Waals surface area contributed by atoms with Crippen LogP contribution in [-0.4, -0.2) is 49.5 Å². The molecule has 0 amide bonds. The molecule has 9 heteroatoms. The van der Waals surface area contributed by atoms with Crippen molar-refractivity contribution in [2.24, 2.45) is 0 Å². The van der Waals surface area contributed by atoms with E-state index in [2.05, 4.69) is 15.3 Å². The lowest BCUT2D eigenvalue weighted by Gasteiger charge is -2.31. The van der Waals surface area contributed by atoms with Gasteiger partial charge in [-0.1, -0.05) is 0 Å². The summed E-state index contributed by atoms with van der Waals surface area (Å²) in [6.45, 7) is 2.11. The van der Waals surface area contributed by atoms with Gasteiger partial charge in [0.2, 0.25) is 5.95 Å². The van der Waals surface area contributed by atoms with E-state index in [4.69, 9.17) is 4.74 Å². The molecule has 4 rings (SSSR count). The summed E-state index contributed by atoms with van der Waals surface area (Å²) in [6.07, 6.45) is 1.08. The van der Waals surface area contributed by atoms with Crippen LogP contribution in [-0.2, 0) is 12.3 Å². The number of hydrogen-bond acceptors (Lipinski definition) is 6. The van der Waals surface area contributed by atoms with Crippen molar-refractivity contribution in [3.63, 3.8) is 0 Å². The predicted octanol–water partition coefficient (Wildman–Crippen LogP) is 2.94. The van der Waals surface area contributed by atoms with Gasteiger partial charge in [0.1, 0.15) is 23.9 Å². The SMILES string of the molecule is CNCCOc1cc(-c2nc(N3CCC3)nc3c2CCC3(F)F)cc(F)c1C=O. The third-order valence-electron chi connectivity index (χ3n) is 5.26. The van der Waals surface area contributed by atoms with Crippen molar-refractivity contribution in [3.8, 4) is 17.0 Å². The summed E-state index contributed by atoms with van der Waals surface area (Å²) in [6, 6.07) is 2.63. The van der Waals surface area contributed by atoms with E-state index >= 15 is 0 Å². The fraction of sp³-hybridized carbons (Fsp3) is 0.450. The number of rotatable bonds is 7. The topological polar surface area (TPSA) is 67.3 Å². The number of nitrogens with zero attached hydrogens (tertiary/aromatic N) is 3. The largest absolute Gasteiger partial charge is 0.491 e. The van der Waals surface area contributed by atoms with Gasteiger partial charge in [-0.05, 0) is 32.0 Å². The minimum absolute atomic E-state index is 0.0628. The number of anilines is 1. The maximum absolute atomic E-state index is 14.6. The molecule has 0 atom stereocenters. The first-order valence-corrected chi connectivity index (χ1v) is 9.55. The molecule has 1 N–H and O–H groups in total. The van der Waals surface area contributed by atoms with Crippen molar-refractivity contribution < 1.29 is 22.7 Å². The maximum Gasteiger partial charge on any atom is 0.290 e. The van der Waals surface area contributed by atoms with E-state index in [9.17, 15) is 18.0 Å². The number of ether oxygens (including phenoxy) is 1. The highest BCUT2D eigenvalue weighted by Gasteiger charge is 2.43. The van der Waals surface area contributed by atoms with Gasteiger partial charge >= 0.3 is 0 Å². The summed E-state index contributed by atoms with van der Waals surface area (Å²) >= 11 is 0. The first-order valence-electron chi connectivity index (χ1n) is 9.55. The molecule has 1 aliphatic heterocycles. The number of hydrogen-bond donors (Lipinski definition) is 1. The number of fused-ring (bicyclic) bond motifs is 1. The average Bonchev–Trinajstić information content (AvgIpc) is 2.95. The maximum atomic E-state index is 14.6. The van der Waals surface area contributed by atoms with E-state index in [0.29, 0.717) is 37.0 Å². The Labute approximate surface area is 166 Å². The highest BCUT2D eigenvalue weighted by Crippen LogP contribution is 2.45. The predicted molar refractivity (Wildman–Crippen MR) is 101 cm³/mol. The molecule has 6 nitrogen and oxygen atoms in total. The molecule has 2 aromatic rings. The van der Waals surface area contributed by atoms with Gasteiger partial charge in [0, 0.05) is 37.2 Å². The van der Waals surface area contributed by atoms with E-state index in [1.54, 1.807) is 7.05 Å². The van der Waals surface area contributed by atoms with E-state index in [1.165, 1.54) is 6.07 Å². The first kappa shape index (κ1) is 19.6. The summed E-state index contributed by atoms with van der Waals surface area (Å²) < 4.78 is 49.0. The molecule has 2 aliphatic rings. The van der Waals surface area contributed by atoms with E-state index in [-0.39, 0.29) is 48.1 Å². The summed E-state index contributed by atoms with van der Waals surface area (Å²) in [5.74, 6) is -3.53. The molecule has 0 saturated carbocycles. The lowest BCUT2D eigenvalue weighted by atomic mass is 10.0. The molecule has 1 fully saturated rings. The van der Waals surface area contributed by atoms with E-state index < -0.39 is 11.7 Å². The molecule has 1 aliphatic carbocycles. The zero-order chi connectivity index (χ0) is 20.6. The van der Waals surface area contributed by atoms with Crippen LogP contribution < -0.4 is 15.0 Å². The molecule has 0 bridgehead atoms. The Morgan fingerprint density at radius 3 is 2.76 bits per heavy atom. The summed E-state index contributed by atoms with van der Waals surface area (Å²) in [5.41, 5.74) is 0.388. The summed E-state index contributed by atoms with van der Waals surface area (Å²) in [7, 11) is 1.74. The van der Waals surface area contributed by atoms with Gasteiger partial charge < -0.3 is 15.0 Å². The highest BCUT2D eigenvalue weighted by atomic mass is 19.3.